The summed E-state index contributed by atoms with van der Waals surface area (Å²) in [4.78, 5) is 21.5. The minimum Gasteiger partial charge on any atom is -0.475 e. The van der Waals surface area contributed by atoms with Gasteiger partial charge >= 0.3 is 0 Å². The summed E-state index contributed by atoms with van der Waals surface area (Å²) in [7, 11) is 1.38. The van der Waals surface area contributed by atoms with Crippen molar-refractivity contribution in [3.05, 3.63) is 29.3 Å². The Hall–Kier alpha value is -1.98. The Labute approximate surface area is 96.6 Å². The summed E-state index contributed by atoms with van der Waals surface area (Å²) in [5.74, 6) is -3.24. The summed E-state index contributed by atoms with van der Waals surface area (Å²) >= 11 is 0. The molecule has 0 fully saturated rings. The molecule has 0 heterocycles. The lowest BCUT2D eigenvalue weighted by molar-refractivity contribution is -0.126. The van der Waals surface area contributed by atoms with Gasteiger partial charge in [0, 0.05) is 12.6 Å². The molecule has 0 saturated heterocycles. The number of carbonyl (C=O) groups excluding carboxylic acids is 2. The van der Waals surface area contributed by atoms with E-state index in [0.29, 0.717) is 6.29 Å². The van der Waals surface area contributed by atoms with Gasteiger partial charge in [0.2, 0.25) is 0 Å². The summed E-state index contributed by atoms with van der Waals surface area (Å²) < 4.78 is 31.6. The van der Waals surface area contributed by atoms with Gasteiger partial charge in [-0.15, -0.1) is 0 Å². The lowest BCUT2D eigenvalue weighted by atomic mass is 10.2. The third-order valence-corrected chi connectivity index (χ3v) is 2.07. The van der Waals surface area contributed by atoms with Crippen LogP contribution in [-0.2, 0) is 4.79 Å². The van der Waals surface area contributed by atoms with Gasteiger partial charge in [0.15, 0.2) is 23.5 Å². The Bertz CT molecular complexity index is 425. The molecule has 1 rings (SSSR count). The van der Waals surface area contributed by atoms with Crippen molar-refractivity contribution in [2.45, 2.75) is 13.0 Å². The summed E-state index contributed by atoms with van der Waals surface area (Å²) in [5, 5.41) is 2.28. The predicted octanol–water partition coefficient (Wildman–Crippen LogP) is 1.29. The van der Waals surface area contributed by atoms with Gasteiger partial charge in [-0.3, -0.25) is 9.59 Å². The van der Waals surface area contributed by atoms with Crippen molar-refractivity contribution in [3.8, 4) is 5.75 Å². The summed E-state index contributed by atoms with van der Waals surface area (Å²) in [6.45, 7) is 1.35. The number of aldehydes is 1. The van der Waals surface area contributed by atoms with Crippen LogP contribution in [0.1, 0.15) is 17.3 Å². The van der Waals surface area contributed by atoms with Crippen LogP contribution < -0.4 is 10.1 Å². The molecule has 0 aliphatic carbocycles. The largest absolute Gasteiger partial charge is 0.475 e. The normalized spacial score (nSPS) is 11.8. The van der Waals surface area contributed by atoms with Gasteiger partial charge in [0.05, 0.1) is 0 Å². The van der Waals surface area contributed by atoms with Crippen LogP contribution in [-0.4, -0.2) is 25.3 Å². The van der Waals surface area contributed by atoms with E-state index >= 15 is 0 Å². The Morgan fingerprint density at radius 2 is 1.94 bits per heavy atom. The zero-order valence-electron chi connectivity index (χ0n) is 9.29. The first-order chi connectivity index (χ1) is 7.99. The molecule has 0 aliphatic rings. The number of amides is 1. The summed E-state index contributed by atoms with van der Waals surface area (Å²) in [6.07, 6.45) is -0.718. The van der Waals surface area contributed by atoms with Gasteiger partial charge in [0.1, 0.15) is 6.29 Å². The molecule has 0 radical (unpaired) electrons. The second-order valence-corrected chi connectivity index (χ2v) is 3.31. The van der Waals surface area contributed by atoms with Gasteiger partial charge in [0.25, 0.3) is 5.91 Å². The molecule has 17 heavy (non-hydrogen) atoms. The van der Waals surface area contributed by atoms with Gasteiger partial charge in [-0.2, -0.15) is 0 Å². The molecular weight excluding hydrogens is 232 g/mol. The molecule has 0 aromatic heterocycles. The molecule has 6 heteroatoms. The van der Waals surface area contributed by atoms with E-state index in [-0.39, 0.29) is 5.56 Å². The first kappa shape index (κ1) is 13.1. The van der Waals surface area contributed by atoms with E-state index in [1.807, 2.05) is 0 Å². The predicted molar refractivity (Wildman–Crippen MR) is 55.9 cm³/mol. The number of benzene rings is 1. The van der Waals surface area contributed by atoms with Crippen LogP contribution in [0.2, 0.25) is 0 Å². The fourth-order valence-corrected chi connectivity index (χ4v) is 1.19. The smallest absolute Gasteiger partial charge is 0.260 e. The Balaban J connectivity index is 2.99. The summed E-state index contributed by atoms with van der Waals surface area (Å²) in [5.41, 5.74) is -0.139. The van der Waals surface area contributed by atoms with Crippen LogP contribution in [0.5, 0.6) is 5.75 Å². The molecule has 1 amide bonds. The lowest BCUT2D eigenvalue weighted by Crippen LogP contribution is -2.34. The van der Waals surface area contributed by atoms with Crippen LogP contribution >= 0.6 is 0 Å². The van der Waals surface area contributed by atoms with Crippen molar-refractivity contribution in [2.75, 3.05) is 7.05 Å². The fourth-order valence-electron chi connectivity index (χ4n) is 1.19. The molecule has 0 bridgehead atoms. The molecule has 4 nitrogen and oxygen atoms in total. The van der Waals surface area contributed by atoms with E-state index in [1.54, 1.807) is 0 Å². The van der Waals surface area contributed by atoms with Gasteiger partial charge in [-0.05, 0) is 19.1 Å². The van der Waals surface area contributed by atoms with Crippen LogP contribution in [0.15, 0.2) is 12.1 Å². The number of ether oxygens (including phenoxy) is 1. The van der Waals surface area contributed by atoms with E-state index in [1.165, 1.54) is 14.0 Å². The van der Waals surface area contributed by atoms with Crippen molar-refractivity contribution in [1.29, 1.82) is 0 Å². The van der Waals surface area contributed by atoms with Crippen LogP contribution in [0.3, 0.4) is 0 Å². The topological polar surface area (TPSA) is 55.4 Å². The summed E-state index contributed by atoms with van der Waals surface area (Å²) in [6, 6.07) is 1.67. The minimum absolute atomic E-state index is 0.139. The van der Waals surface area contributed by atoms with E-state index < -0.39 is 29.4 Å². The number of likely N-dealkylation sites (N-methyl/N-ethyl adjacent to an activating group) is 1. The zero-order valence-corrected chi connectivity index (χ0v) is 9.29. The maximum Gasteiger partial charge on any atom is 0.260 e. The lowest BCUT2D eigenvalue weighted by Gasteiger charge is -2.14. The van der Waals surface area contributed by atoms with E-state index in [4.69, 9.17) is 4.74 Å². The van der Waals surface area contributed by atoms with Crippen LogP contribution in [0, 0.1) is 11.6 Å². The zero-order chi connectivity index (χ0) is 13.0. The first-order valence-electron chi connectivity index (χ1n) is 4.82. The minimum atomic E-state index is -1.04. The van der Waals surface area contributed by atoms with Crippen LogP contribution in [0.25, 0.3) is 0 Å². The highest BCUT2D eigenvalue weighted by Crippen LogP contribution is 2.23. The number of carbonyl (C=O) groups is 2. The van der Waals surface area contributed by atoms with Gasteiger partial charge < -0.3 is 10.1 Å². The highest BCUT2D eigenvalue weighted by molar-refractivity contribution is 5.80. The van der Waals surface area contributed by atoms with E-state index in [2.05, 4.69) is 5.32 Å². The third kappa shape index (κ3) is 2.99. The van der Waals surface area contributed by atoms with Crippen molar-refractivity contribution < 1.29 is 23.1 Å². The quantitative estimate of drug-likeness (QED) is 0.811. The molecule has 1 N–H and O–H groups in total. The van der Waals surface area contributed by atoms with E-state index in [9.17, 15) is 18.4 Å². The SMILES string of the molecule is CNC(=O)C(C)Oc1c(F)cc(C=O)cc1F. The fraction of sp³-hybridized carbons (Fsp3) is 0.273. The Kier molecular flexibility index (Phi) is 4.14. The maximum atomic E-state index is 13.4. The van der Waals surface area contributed by atoms with Crippen molar-refractivity contribution in [2.24, 2.45) is 0 Å². The first-order valence-corrected chi connectivity index (χ1v) is 4.82. The highest BCUT2D eigenvalue weighted by Gasteiger charge is 2.19. The molecule has 0 spiro atoms. The molecule has 0 aliphatic heterocycles. The molecule has 1 atom stereocenters. The Morgan fingerprint density at radius 1 is 1.41 bits per heavy atom. The van der Waals surface area contributed by atoms with E-state index in [0.717, 1.165) is 12.1 Å². The van der Waals surface area contributed by atoms with Crippen LogP contribution in [0.4, 0.5) is 8.78 Å². The number of hydrogen-bond donors (Lipinski definition) is 1. The number of hydrogen-bond acceptors (Lipinski definition) is 3. The molecule has 1 aromatic carbocycles. The van der Waals surface area contributed by atoms with Crippen molar-refractivity contribution in [1.82, 2.24) is 5.32 Å². The molecule has 1 aromatic rings. The maximum absolute atomic E-state index is 13.4. The van der Waals surface area contributed by atoms with Crippen molar-refractivity contribution >= 4 is 12.2 Å². The number of rotatable bonds is 4. The second-order valence-electron chi connectivity index (χ2n) is 3.31. The number of nitrogens with one attached hydrogen (secondary N) is 1. The monoisotopic (exact) mass is 243 g/mol. The second kappa shape index (κ2) is 5.38. The third-order valence-electron chi connectivity index (χ3n) is 2.07. The van der Waals surface area contributed by atoms with Crippen molar-refractivity contribution in [3.63, 3.8) is 0 Å². The average molecular weight is 243 g/mol. The number of halogens is 2. The van der Waals surface area contributed by atoms with Gasteiger partial charge in [-0.25, -0.2) is 8.78 Å². The van der Waals surface area contributed by atoms with Gasteiger partial charge in [-0.1, -0.05) is 0 Å². The average Bonchev–Trinajstić information content (AvgIpc) is 2.31. The molecule has 92 valence electrons. The Morgan fingerprint density at radius 3 is 2.35 bits per heavy atom. The molecule has 0 saturated carbocycles. The standard InChI is InChI=1S/C11H11F2NO3/c1-6(11(16)14-2)17-10-8(12)3-7(5-15)4-9(10)13/h3-6H,1-2H3,(H,14,16). The highest BCUT2D eigenvalue weighted by atomic mass is 19.1. The molecular formula is C11H11F2NO3. The molecule has 1 unspecified atom stereocenters.